The highest BCUT2D eigenvalue weighted by Crippen LogP contribution is 2.23. The van der Waals surface area contributed by atoms with Crippen LogP contribution in [-0.2, 0) is 9.53 Å². The summed E-state index contributed by atoms with van der Waals surface area (Å²) in [6.45, 7) is -1.03. The van der Waals surface area contributed by atoms with Crippen molar-refractivity contribution in [2.75, 3.05) is 18.5 Å². The van der Waals surface area contributed by atoms with E-state index in [1.165, 1.54) is 18.2 Å². The molecule has 1 fully saturated rings. The fraction of sp³-hybridized carbons (Fsp3) is 0.500. The van der Waals surface area contributed by atoms with Crippen molar-refractivity contribution in [1.82, 2.24) is 0 Å². The standard InChI is InChI=1S/C14H17F3N2O3.ClH/c15-14(16,17)8-21-10-3-1-2-9(6-10)19-13(20)12-5-4-11(7-18)22-12;/h1-3,6,11-12H,4-5,7-8,18H2,(H,19,20);1H/t11-,12+;/m1./s1. The number of carbonyl (C=O) groups is 1. The second-order valence-electron chi connectivity index (χ2n) is 4.98. The molecule has 1 amide bonds. The van der Waals surface area contributed by atoms with E-state index in [0.29, 0.717) is 25.1 Å². The Morgan fingerprint density at radius 1 is 1.39 bits per heavy atom. The Morgan fingerprint density at radius 2 is 2.13 bits per heavy atom. The van der Waals surface area contributed by atoms with Gasteiger partial charge in [-0.25, -0.2) is 0 Å². The summed E-state index contributed by atoms with van der Waals surface area (Å²) in [5.74, 6) is -0.314. The quantitative estimate of drug-likeness (QED) is 0.852. The zero-order valence-electron chi connectivity index (χ0n) is 12.1. The van der Waals surface area contributed by atoms with Crippen molar-refractivity contribution in [3.63, 3.8) is 0 Å². The van der Waals surface area contributed by atoms with E-state index in [2.05, 4.69) is 10.1 Å². The Bertz CT molecular complexity index is 528. The first kappa shape index (κ1) is 19.5. The van der Waals surface area contributed by atoms with Crippen LogP contribution >= 0.6 is 12.4 Å². The number of ether oxygens (including phenoxy) is 2. The van der Waals surface area contributed by atoms with E-state index in [-0.39, 0.29) is 30.2 Å². The maximum atomic E-state index is 12.1. The van der Waals surface area contributed by atoms with Crippen LogP contribution in [0.4, 0.5) is 18.9 Å². The van der Waals surface area contributed by atoms with Crippen molar-refractivity contribution in [2.45, 2.75) is 31.2 Å². The van der Waals surface area contributed by atoms with E-state index in [0.717, 1.165) is 0 Å². The number of carbonyl (C=O) groups excluding carboxylic acids is 1. The Kier molecular flexibility index (Phi) is 7.11. The second-order valence-corrected chi connectivity index (χ2v) is 4.98. The summed E-state index contributed by atoms with van der Waals surface area (Å²) in [7, 11) is 0. The van der Waals surface area contributed by atoms with Gasteiger partial charge in [0, 0.05) is 18.3 Å². The molecule has 1 aliphatic rings. The van der Waals surface area contributed by atoms with E-state index in [1.54, 1.807) is 6.07 Å². The fourth-order valence-electron chi connectivity index (χ4n) is 2.12. The van der Waals surface area contributed by atoms with Crippen LogP contribution in [0.15, 0.2) is 24.3 Å². The average molecular weight is 355 g/mol. The second kappa shape index (κ2) is 8.37. The van der Waals surface area contributed by atoms with Crippen molar-refractivity contribution in [1.29, 1.82) is 0 Å². The number of benzene rings is 1. The molecule has 9 heteroatoms. The largest absolute Gasteiger partial charge is 0.484 e. The van der Waals surface area contributed by atoms with Crippen LogP contribution < -0.4 is 15.8 Å². The number of nitrogens with two attached hydrogens (primary N) is 1. The van der Waals surface area contributed by atoms with Crippen molar-refractivity contribution < 1.29 is 27.4 Å². The first-order valence-corrected chi connectivity index (χ1v) is 6.83. The molecule has 1 aromatic carbocycles. The van der Waals surface area contributed by atoms with Crippen molar-refractivity contribution in [3.8, 4) is 5.75 Å². The molecule has 0 radical (unpaired) electrons. The first-order valence-electron chi connectivity index (χ1n) is 6.83. The van der Waals surface area contributed by atoms with Crippen LogP contribution in [0.3, 0.4) is 0 Å². The zero-order chi connectivity index (χ0) is 16.2. The maximum Gasteiger partial charge on any atom is 0.422 e. The van der Waals surface area contributed by atoms with E-state index in [4.69, 9.17) is 10.5 Å². The van der Waals surface area contributed by atoms with Crippen LogP contribution in [0.1, 0.15) is 12.8 Å². The van der Waals surface area contributed by atoms with Gasteiger partial charge in [-0.15, -0.1) is 12.4 Å². The first-order chi connectivity index (χ1) is 10.4. The number of rotatable bonds is 5. The van der Waals surface area contributed by atoms with Gasteiger partial charge in [-0.1, -0.05) is 6.07 Å². The number of anilines is 1. The third-order valence-corrected chi connectivity index (χ3v) is 3.17. The van der Waals surface area contributed by atoms with Gasteiger partial charge in [-0.2, -0.15) is 13.2 Å². The number of nitrogens with one attached hydrogen (secondary N) is 1. The molecule has 1 aliphatic heterocycles. The summed E-state index contributed by atoms with van der Waals surface area (Å²) >= 11 is 0. The molecule has 0 unspecified atom stereocenters. The summed E-state index contributed by atoms with van der Waals surface area (Å²) in [6, 6.07) is 5.78. The zero-order valence-corrected chi connectivity index (χ0v) is 13.0. The summed E-state index contributed by atoms with van der Waals surface area (Å²) < 4.78 is 46.4. The molecule has 130 valence electrons. The molecule has 0 aromatic heterocycles. The fourth-order valence-corrected chi connectivity index (χ4v) is 2.12. The molecule has 2 atom stereocenters. The topological polar surface area (TPSA) is 73.6 Å². The van der Waals surface area contributed by atoms with Gasteiger partial charge in [0.15, 0.2) is 6.61 Å². The molecule has 23 heavy (non-hydrogen) atoms. The lowest BCUT2D eigenvalue weighted by Crippen LogP contribution is -2.29. The summed E-state index contributed by atoms with van der Waals surface area (Å²) in [5, 5.41) is 2.60. The molecule has 0 aliphatic carbocycles. The molecule has 1 aromatic rings. The molecule has 0 saturated carbocycles. The minimum Gasteiger partial charge on any atom is -0.484 e. The van der Waals surface area contributed by atoms with E-state index >= 15 is 0 Å². The van der Waals surface area contributed by atoms with E-state index in [1.807, 2.05) is 0 Å². The minimum absolute atomic E-state index is 0. The van der Waals surface area contributed by atoms with Gasteiger partial charge in [-0.3, -0.25) is 4.79 Å². The predicted octanol–water partition coefficient (Wildman–Crippen LogP) is 2.49. The minimum atomic E-state index is -4.41. The molecule has 2 rings (SSSR count). The highest BCUT2D eigenvalue weighted by atomic mass is 35.5. The average Bonchev–Trinajstić information content (AvgIpc) is 2.94. The van der Waals surface area contributed by atoms with Crippen LogP contribution in [-0.4, -0.2) is 37.4 Å². The Hall–Kier alpha value is -1.51. The highest BCUT2D eigenvalue weighted by Gasteiger charge is 2.30. The van der Waals surface area contributed by atoms with Crippen molar-refractivity contribution in [3.05, 3.63) is 24.3 Å². The third kappa shape index (κ3) is 6.25. The van der Waals surface area contributed by atoms with Gasteiger partial charge in [0.05, 0.1) is 6.10 Å². The number of hydrogen-bond acceptors (Lipinski definition) is 4. The van der Waals surface area contributed by atoms with Gasteiger partial charge in [-0.05, 0) is 25.0 Å². The number of alkyl halides is 3. The van der Waals surface area contributed by atoms with E-state index in [9.17, 15) is 18.0 Å². The van der Waals surface area contributed by atoms with Crippen LogP contribution in [0.25, 0.3) is 0 Å². The smallest absolute Gasteiger partial charge is 0.422 e. The van der Waals surface area contributed by atoms with Gasteiger partial charge < -0.3 is 20.5 Å². The lowest BCUT2D eigenvalue weighted by molar-refractivity contribution is -0.153. The van der Waals surface area contributed by atoms with E-state index < -0.39 is 18.9 Å². The lowest BCUT2D eigenvalue weighted by Gasteiger charge is -2.14. The third-order valence-electron chi connectivity index (χ3n) is 3.17. The molecular formula is C14H18ClF3N2O3. The van der Waals surface area contributed by atoms with Gasteiger partial charge >= 0.3 is 6.18 Å². The SMILES string of the molecule is Cl.NC[C@H]1CC[C@@H](C(=O)Nc2cccc(OCC(F)(F)F)c2)O1. The number of amides is 1. The molecular weight excluding hydrogens is 337 g/mol. The van der Waals surface area contributed by atoms with Gasteiger partial charge in [0.2, 0.25) is 0 Å². The van der Waals surface area contributed by atoms with Gasteiger partial charge in [0.25, 0.3) is 5.91 Å². The van der Waals surface area contributed by atoms with Crippen molar-refractivity contribution >= 4 is 24.0 Å². The normalized spacial score (nSPS) is 20.7. The van der Waals surface area contributed by atoms with Gasteiger partial charge in [0.1, 0.15) is 11.9 Å². The number of halogens is 4. The van der Waals surface area contributed by atoms with Crippen LogP contribution in [0.2, 0.25) is 0 Å². The molecule has 3 N–H and O–H groups in total. The maximum absolute atomic E-state index is 12.1. The van der Waals surface area contributed by atoms with Crippen molar-refractivity contribution in [2.24, 2.45) is 5.73 Å². The summed E-state index contributed by atoms with van der Waals surface area (Å²) in [5.41, 5.74) is 5.82. The number of hydrogen-bond donors (Lipinski definition) is 2. The lowest BCUT2D eigenvalue weighted by atomic mass is 10.2. The Labute approximate surface area is 137 Å². The Morgan fingerprint density at radius 3 is 2.74 bits per heavy atom. The molecule has 5 nitrogen and oxygen atoms in total. The molecule has 0 spiro atoms. The predicted molar refractivity (Wildman–Crippen MR) is 80.8 cm³/mol. The Balaban J connectivity index is 0.00000264. The monoisotopic (exact) mass is 354 g/mol. The summed E-state index contributed by atoms with van der Waals surface area (Å²) in [4.78, 5) is 12.0. The molecule has 1 heterocycles. The van der Waals surface area contributed by atoms with Crippen LogP contribution in [0, 0.1) is 0 Å². The highest BCUT2D eigenvalue weighted by molar-refractivity contribution is 5.94. The summed E-state index contributed by atoms with van der Waals surface area (Å²) in [6.07, 6.45) is -3.85. The molecule has 1 saturated heterocycles. The van der Waals surface area contributed by atoms with Crippen LogP contribution in [0.5, 0.6) is 5.75 Å². The molecule has 0 bridgehead atoms.